The molecule has 0 saturated carbocycles. The number of nitrogens with one attached hydrogen (secondary N) is 2. The molecule has 0 aliphatic carbocycles. The van der Waals surface area contributed by atoms with Gasteiger partial charge >= 0.3 is 0 Å². The van der Waals surface area contributed by atoms with Crippen molar-refractivity contribution in [1.29, 1.82) is 0 Å². The van der Waals surface area contributed by atoms with Gasteiger partial charge in [0.2, 0.25) is 5.91 Å². The molecule has 2 aromatic rings. The van der Waals surface area contributed by atoms with E-state index in [4.69, 9.17) is 5.73 Å². The standard InChI is InChI=1S/C17H19N3O2/c1-20(11-13-5-3-2-4-6-13)12-16(21)19-15-9-7-14(8-10-15)17(18)22/h2-10H,11-12H2,1H3,(H2,18,22)(H,19,21)/p+1. The number of quaternary nitrogens is 1. The molecule has 0 saturated heterocycles. The van der Waals surface area contributed by atoms with Crippen LogP contribution in [0.4, 0.5) is 5.69 Å². The number of carbonyl (C=O) groups is 2. The molecular formula is C17H20N3O2+. The Morgan fingerprint density at radius 3 is 2.27 bits per heavy atom. The molecule has 5 nitrogen and oxygen atoms in total. The highest BCUT2D eigenvalue weighted by molar-refractivity contribution is 5.95. The second kappa shape index (κ2) is 7.38. The number of rotatable bonds is 6. The van der Waals surface area contributed by atoms with Crippen LogP contribution in [0, 0.1) is 0 Å². The molecule has 22 heavy (non-hydrogen) atoms. The second-order valence-corrected chi connectivity index (χ2v) is 5.29. The first-order valence-electron chi connectivity index (χ1n) is 7.09. The molecule has 0 radical (unpaired) electrons. The van der Waals surface area contributed by atoms with Gasteiger partial charge in [0.05, 0.1) is 7.05 Å². The Bertz CT molecular complexity index is 639. The van der Waals surface area contributed by atoms with Crippen LogP contribution in [0.5, 0.6) is 0 Å². The molecule has 0 bridgehead atoms. The van der Waals surface area contributed by atoms with Crippen LogP contribution >= 0.6 is 0 Å². The van der Waals surface area contributed by atoms with Crippen LogP contribution in [-0.4, -0.2) is 25.4 Å². The zero-order chi connectivity index (χ0) is 15.9. The van der Waals surface area contributed by atoms with Crippen LogP contribution in [-0.2, 0) is 11.3 Å². The van der Waals surface area contributed by atoms with Crippen molar-refractivity contribution in [3.63, 3.8) is 0 Å². The minimum atomic E-state index is -0.482. The summed E-state index contributed by atoms with van der Waals surface area (Å²) in [5.41, 5.74) is 7.44. The van der Waals surface area contributed by atoms with Gasteiger partial charge in [-0.05, 0) is 24.3 Å². The van der Waals surface area contributed by atoms with E-state index in [1.165, 1.54) is 5.56 Å². The molecule has 0 spiro atoms. The summed E-state index contributed by atoms with van der Waals surface area (Å²) in [6.07, 6.45) is 0. The lowest BCUT2D eigenvalue weighted by molar-refractivity contribution is -0.885. The Morgan fingerprint density at radius 2 is 1.68 bits per heavy atom. The first kappa shape index (κ1) is 15.7. The topological polar surface area (TPSA) is 76.6 Å². The van der Waals surface area contributed by atoms with Crippen LogP contribution in [0.2, 0.25) is 0 Å². The average Bonchev–Trinajstić information content (AvgIpc) is 2.48. The van der Waals surface area contributed by atoms with Gasteiger partial charge < -0.3 is 16.0 Å². The number of primary amides is 1. The largest absolute Gasteiger partial charge is 0.366 e. The molecule has 0 aliphatic rings. The van der Waals surface area contributed by atoms with E-state index in [1.807, 2.05) is 37.4 Å². The van der Waals surface area contributed by atoms with Crippen molar-refractivity contribution in [3.8, 4) is 0 Å². The van der Waals surface area contributed by atoms with E-state index >= 15 is 0 Å². The molecule has 114 valence electrons. The second-order valence-electron chi connectivity index (χ2n) is 5.29. The van der Waals surface area contributed by atoms with Crippen molar-refractivity contribution in [3.05, 3.63) is 65.7 Å². The monoisotopic (exact) mass is 298 g/mol. The van der Waals surface area contributed by atoms with Gasteiger partial charge in [-0.2, -0.15) is 0 Å². The highest BCUT2D eigenvalue weighted by atomic mass is 16.2. The van der Waals surface area contributed by atoms with Gasteiger partial charge in [-0.1, -0.05) is 30.3 Å². The van der Waals surface area contributed by atoms with Crippen molar-refractivity contribution >= 4 is 17.5 Å². The van der Waals surface area contributed by atoms with Crippen molar-refractivity contribution in [2.45, 2.75) is 6.54 Å². The van der Waals surface area contributed by atoms with E-state index < -0.39 is 5.91 Å². The Labute approximate surface area is 129 Å². The van der Waals surface area contributed by atoms with Crippen molar-refractivity contribution in [2.75, 3.05) is 18.9 Å². The predicted octanol–water partition coefficient (Wildman–Crippen LogP) is 0.439. The quantitative estimate of drug-likeness (QED) is 0.724. The molecule has 0 heterocycles. The Morgan fingerprint density at radius 1 is 1.05 bits per heavy atom. The fourth-order valence-corrected chi connectivity index (χ4v) is 2.20. The predicted molar refractivity (Wildman–Crippen MR) is 85.5 cm³/mol. The van der Waals surface area contributed by atoms with E-state index in [2.05, 4.69) is 5.32 Å². The summed E-state index contributed by atoms with van der Waals surface area (Å²) in [7, 11) is 1.97. The van der Waals surface area contributed by atoms with Crippen LogP contribution in [0.1, 0.15) is 15.9 Å². The Kier molecular flexibility index (Phi) is 5.27. The number of amides is 2. The van der Waals surface area contributed by atoms with E-state index in [9.17, 15) is 9.59 Å². The Balaban J connectivity index is 1.85. The van der Waals surface area contributed by atoms with Crippen LogP contribution in [0.15, 0.2) is 54.6 Å². The van der Waals surface area contributed by atoms with E-state index in [0.29, 0.717) is 17.8 Å². The number of hydrogen-bond acceptors (Lipinski definition) is 2. The molecule has 2 rings (SSSR count). The highest BCUT2D eigenvalue weighted by Crippen LogP contribution is 2.08. The third kappa shape index (κ3) is 4.71. The maximum Gasteiger partial charge on any atom is 0.279 e. The zero-order valence-electron chi connectivity index (χ0n) is 12.5. The number of likely N-dealkylation sites (N-methyl/N-ethyl adjacent to an activating group) is 1. The van der Waals surface area contributed by atoms with Crippen LogP contribution < -0.4 is 16.0 Å². The molecule has 0 fully saturated rings. The third-order valence-electron chi connectivity index (χ3n) is 3.26. The summed E-state index contributed by atoms with van der Waals surface area (Å²) < 4.78 is 0. The molecule has 1 atom stereocenters. The number of carbonyl (C=O) groups excluding carboxylic acids is 2. The van der Waals surface area contributed by atoms with Gasteiger partial charge in [-0.3, -0.25) is 9.59 Å². The summed E-state index contributed by atoms with van der Waals surface area (Å²) in [6.45, 7) is 1.15. The van der Waals surface area contributed by atoms with Gasteiger partial charge in [0, 0.05) is 16.8 Å². The number of nitrogens with two attached hydrogens (primary N) is 1. The number of anilines is 1. The highest BCUT2D eigenvalue weighted by Gasteiger charge is 2.11. The zero-order valence-corrected chi connectivity index (χ0v) is 12.5. The minimum absolute atomic E-state index is 0.0692. The fourth-order valence-electron chi connectivity index (χ4n) is 2.20. The van der Waals surface area contributed by atoms with Gasteiger partial charge in [0.1, 0.15) is 6.54 Å². The number of hydrogen-bond donors (Lipinski definition) is 3. The lowest BCUT2D eigenvalue weighted by Gasteiger charge is -2.14. The molecule has 1 unspecified atom stereocenters. The van der Waals surface area contributed by atoms with Crippen LogP contribution in [0.25, 0.3) is 0 Å². The average molecular weight is 298 g/mol. The molecule has 4 N–H and O–H groups in total. The van der Waals surface area contributed by atoms with E-state index in [0.717, 1.165) is 11.4 Å². The first-order chi connectivity index (χ1) is 10.5. The molecule has 0 aromatic heterocycles. The summed E-state index contributed by atoms with van der Waals surface area (Å²) >= 11 is 0. The summed E-state index contributed by atoms with van der Waals surface area (Å²) in [5.74, 6) is -0.551. The molecule has 2 amide bonds. The molecule has 5 heteroatoms. The molecule has 2 aromatic carbocycles. The van der Waals surface area contributed by atoms with Gasteiger partial charge in [-0.25, -0.2) is 0 Å². The third-order valence-corrected chi connectivity index (χ3v) is 3.26. The Hall–Kier alpha value is -2.66. The first-order valence-corrected chi connectivity index (χ1v) is 7.09. The van der Waals surface area contributed by atoms with Gasteiger partial charge in [0.25, 0.3) is 5.91 Å². The maximum atomic E-state index is 12.0. The smallest absolute Gasteiger partial charge is 0.279 e. The van der Waals surface area contributed by atoms with Crippen LogP contribution in [0.3, 0.4) is 0 Å². The maximum absolute atomic E-state index is 12.0. The van der Waals surface area contributed by atoms with E-state index in [-0.39, 0.29) is 5.91 Å². The number of benzene rings is 2. The molecule has 0 aliphatic heterocycles. The minimum Gasteiger partial charge on any atom is -0.366 e. The van der Waals surface area contributed by atoms with Gasteiger partial charge in [0.15, 0.2) is 6.54 Å². The normalized spacial score (nSPS) is 11.7. The lowest BCUT2D eigenvalue weighted by Crippen LogP contribution is -3.08. The summed E-state index contributed by atoms with van der Waals surface area (Å²) in [5, 5.41) is 2.81. The van der Waals surface area contributed by atoms with Crippen molar-refractivity contribution in [1.82, 2.24) is 0 Å². The summed E-state index contributed by atoms with van der Waals surface area (Å²) in [6, 6.07) is 16.6. The fraction of sp³-hybridized carbons (Fsp3) is 0.176. The molecular weight excluding hydrogens is 278 g/mol. The lowest BCUT2D eigenvalue weighted by atomic mass is 10.2. The van der Waals surface area contributed by atoms with Crippen molar-refractivity contribution in [2.24, 2.45) is 5.73 Å². The summed E-state index contributed by atoms with van der Waals surface area (Å²) in [4.78, 5) is 24.1. The van der Waals surface area contributed by atoms with Gasteiger partial charge in [-0.15, -0.1) is 0 Å². The SMILES string of the molecule is C[NH+](CC(=O)Nc1ccc(C(N)=O)cc1)Cc1ccccc1. The van der Waals surface area contributed by atoms with Crippen molar-refractivity contribution < 1.29 is 14.5 Å². The van der Waals surface area contributed by atoms with E-state index in [1.54, 1.807) is 24.3 Å².